The second-order valence-corrected chi connectivity index (χ2v) is 5.73. The van der Waals surface area contributed by atoms with Crippen LogP contribution in [-0.2, 0) is 17.8 Å². The van der Waals surface area contributed by atoms with Crippen molar-refractivity contribution in [3.63, 3.8) is 0 Å². The lowest BCUT2D eigenvalue weighted by molar-refractivity contribution is -0.139. The van der Waals surface area contributed by atoms with E-state index in [9.17, 15) is 9.90 Å². The van der Waals surface area contributed by atoms with Crippen LogP contribution in [0.4, 0.5) is 0 Å². The minimum absolute atomic E-state index is 0.410. The number of rotatable bonds is 3. The number of aryl methyl sites for hydroxylation is 1. The lowest BCUT2D eigenvalue weighted by Gasteiger charge is -2.21. The molecule has 2 aliphatic heterocycles. The summed E-state index contributed by atoms with van der Waals surface area (Å²) >= 11 is 0. The number of hydrogen-bond acceptors (Lipinski definition) is 3. The van der Waals surface area contributed by atoms with Crippen molar-refractivity contribution in [3.8, 4) is 0 Å². The molecule has 2 aliphatic rings. The van der Waals surface area contributed by atoms with E-state index in [1.165, 1.54) is 12.8 Å². The third-order valence-electron chi connectivity index (χ3n) is 4.26. The third-order valence-corrected chi connectivity index (χ3v) is 4.26. The van der Waals surface area contributed by atoms with Crippen LogP contribution in [0.5, 0.6) is 0 Å². The quantitative estimate of drug-likeness (QED) is 0.864. The van der Waals surface area contributed by atoms with Crippen LogP contribution in [-0.4, -0.2) is 33.7 Å². The van der Waals surface area contributed by atoms with Crippen molar-refractivity contribution in [1.29, 1.82) is 0 Å². The number of aromatic nitrogens is 2. The van der Waals surface area contributed by atoms with Gasteiger partial charge in [-0.15, -0.1) is 0 Å². The Labute approximate surface area is 113 Å². The van der Waals surface area contributed by atoms with E-state index in [1.54, 1.807) is 0 Å². The highest BCUT2D eigenvalue weighted by Gasteiger charge is 2.29. The lowest BCUT2D eigenvalue weighted by atomic mass is 9.95. The molecule has 2 atom stereocenters. The molecule has 0 bridgehead atoms. The Morgan fingerprint density at radius 3 is 3.11 bits per heavy atom. The molecule has 0 aromatic carbocycles. The summed E-state index contributed by atoms with van der Waals surface area (Å²) in [5, 5.41) is 12.7. The summed E-state index contributed by atoms with van der Waals surface area (Å²) in [5.74, 6) is 0.260. The molecule has 0 saturated carbocycles. The Morgan fingerprint density at radius 1 is 1.47 bits per heavy atom. The van der Waals surface area contributed by atoms with Crippen molar-refractivity contribution in [2.45, 2.75) is 44.6 Å². The smallest absolute Gasteiger partial charge is 0.314 e. The normalized spacial score (nSPS) is 26.9. The van der Waals surface area contributed by atoms with E-state index < -0.39 is 11.9 Å². The molecule has 0 spiro atoms. The molecule has 19 heavy (non-hydrogen) atoms. The molecule has 104 valence electrons. The maximum atomic E-state index is 11.3. The molecule has 2 unspecified atom stereocenters. The largest absolute Gasteiger partial charge is 0.481 e. The van der Waals surface area contributed by atoms with Gasteiger partial charge >= 0.3 is 5.97 Å². The fourth-order valence-corrected chi connectivity index (χ4v) is 3.26. The summed E-state index contributed by atoms with van der Waals surface area (Å²) in [6, 6.07) is 0. The Kier molecular flexibility index (Phi) is 3.55. The van der Waals surface area contributed by atoms with E-state index in [-0.39, 0.29) is 0 Å². The van der Waals surface area contributed by atoms with E-state index in [0.717, 1.165) is 50.4 Å². The molecule has 2 N–H and O–H groups in total. The highest BCUT2D eigenvalue weighted by atomic mass is 16.4. The molecule has 1 saturated heterocycles. The number of carboxylic acids is 1. The number of nitrogens with one attached hydrogen (secondary N) is 1. The molecule has 0 amide bonds. The van der Waals surface area contributed by atoms with Crippen LogP contribution in [0.25, 0.3) is 0 Å². The first-order chi connectivity index (χ1) is 9.24. The minimum atomic E-state index is -0.738. The second kappa shape index (κ2) is 5.33. The number of piperidine rings is 1. The third kappa shape index (κ3) is 2.66. The molecule has 1 aromatic heterocycles. The van der Waals surface area contributed by atoms with Gasteiger partial charge in [0.15, 0.2) is 0 Å². The van der Waals surface area contributed by atoms with Gasteiger partial charge in [0.05, 0.1) is 5.69 Å². The number of carbonyl (C=O) groups is 1. The highest BCUT2D eigenvalue weighted by molar-refractivity contribution is 5.75. The predicted molar refractivity (Wildman–Crippen MR) is 71.1 cm³/mol. The predicted octanol–water partition coefficient (Wildman–Crippen LogP) is 1.39. The average Bonchev–Trinajstić information content (AvgIpc) is 2.81. The molecular formula is C14H21N3O2. The van der Waals surface area contributed by atoms with Crippen LogP contribution >= 0.6 is 0 Å². The fourth-order valence-electron chi connectivity index (χ4n) is 3.26. The molecule has 5 heteroatoms. The summed E-state index contributed by atoms with van der Waals surface area (Å²) < 4.78 is 2.05. The van der Waals surface area contributed by atoms with Crippen LogP contribution in [0.1, 0.15) is 43.1 Å². The molecule has 1 fully saturated rings. The van der Waals surface area contributed by atoms with Gasteiger partial charge in [0.25, 0.3) is 0 Å². The number of imidazole rings is 1. The van der Waals surface area contributed by atoms with Crippen molar-refractivity contribution in [2.75, 3.05) is 13.1 Å². The maximum absolute atomic E-state index is 11.3. The molecule has 0 aliphatic carbocycles. The zero-order valence-electron chi connectivity index (χ0n) is 11.1. The number of aliphatic carboxylic acids is 1. The molecule has 5 nitrogen and oxygen atoms in total. The summed E-state index contributed by atoms with van der Waals surface area (Å²) in [6.45, 7) is 3.09. The Balaban J connectivity index is 1.75. The van der Waals surface area contributed by atoms with E-state index in [4.69, 9.17) is 0 Å². The Hall–Kier alpha value is -1.36. The summed E-state index contributed by atoms with van der Waals surface area (Å²) in [6.07, 6.45) is 7.17. The molecule has 1 aromatic rings. The van der Waals surface area contributed by atoms with Gasteiger partial charge in [-0.2, -0.15) is 0 Å². The van der Waals surface area contributed by atoms with Crippen LogP contribution in [0.2, 0.25) is 0 Å². The van der Waals surface area contributed by atoms with Gasteiger partial charge in [0, 0.05) is 12.7 Å². The van der Waals surface area contributed by atoms with Crippen LogP contribution < -0.4 is 5.32 Å². The number of carboxylic acid groups (broad SMARTS) is 1. The van der Waals surface area contributed by atoms with Gasteiger partial charge in [-0.25, -0.2) is 4.98 Å². The molecule has 0 radical (unpaired) electrons. The zero-order chi connectivity index (χ0) is 13.2. The minimum Gasteiger partial charge on any atom is -0.481 e. The van der Waals surface area contributed by atoms with Gasteiger partial charge in [-0.3, -0.25) is 4.79 Å². The van der Waals surface area contributed by atoms with Crippen molar-refractivity contribution in [2.24, 2.45) is 5.92 Å². The van der Waals surface area contributed by atoms with Gasteiger partial charge in [-0.1, -0.05) is 0 Å². The Bertz CT molecular complexity index is 463. The van der Waals surface area contributed by atoms with Gasteiger partial charge in [0.1, 0.15) is 11.7 Å². The molecule has 3 rings (SSSR count). The van der Waals surface area contributed by atoms with Crippen molar-refractivity contribution < 1.29 is 9.90 Å². The van der Waals surface area contributed by atoms with Gasteiger partial charge in [0.2, 0.25) is 0 Å². The summed E-state index contributed by atoms with van der Waals surface area (Å²) in [7, 11) is 0. The van der Waals surface area contributed by atoms with Crippen LogP contribution in [0.15, 0.2) is 6.20 Å². The summed E-state index contributed by atoms with van der Waals surface area (Å²) in [4.78, 5) is 15.9. The number of nitrogens with zero attached hydrogens (tertiary/aromatic N) is 2. The lowest BCUT2D eigenvalue weighted by Crippen LogP contribution is -2.30. The SMILES string of the molecule is O=C(O)C1CCCn2cc(CC3CCCNC3)nc21. The Morgan fingerprint density at radius 2 is 2.37 bits per heavy atom. The first kappa shape index (κ1) is 12.7. The average molecular weight is 263 g/mol. The standard InChI is InChI=1S/C14H21N3O2/c18-14(19)12-4-2-6-17-9-11(16-13(12)17)7-10-3-1-5-15-8-10/h9-10,12,15H,1-8H2,(H,18,19). The first-order valence-electron chi connectivity index (χ1n) is 7.23. The number of fused-ring (bicyclic) bond motifs is 1. The summed E-state index contributed by atoms with van der Waals surface area (Å²) in [5.41, 5.74) is 1.07. The van der Waals surface area contributed by atoms with Crippen molar-refractivity contribution in [3.05, 3.63) is 17.7 Å². The van der Waals surface area contributed by atoms with Crippen LogP contribution in [0.3, 0.4) is 0 Å². The highest BCUT2D eigenvalue weighted by Crippen LogP contribution is 2.28. The number of hydrogen-bond donors (Lipinski definition) is 2. The first-order valence-corrected chi connectivity index (χ1v) is 7.23. The van der Waals surface area contributed by atoms with Crippen molar-refractivity contribution >= 4 is 5.97 Å². The molecule has 3 heterocycles. The molecular weight excluding hydrogens is 242 g/mol. The monoisotopic (exact) mass is 263 g/mol. The van der Waals surface area contributed by atoms with E-state index in [2.05, 4.69) is 16.5 Å². The second-order valence-electron chi connectivity index (χ2n) is 5.73. The topological polar surface area (TPSA) is 67.2 Å². The van der Waals surface area contributed by atoms with Crippen molar-refractivity contribution in [1.82, 2.24) is 14.9 Å². The van der Waals surface area contributed by atoms with E-state index in [1.807, 2.05) is 4.57 Å². The van der Waals surface area contributed by atoms with Crippen LogP contribution in [0, 0.1) is 5.92 Å². The van der Waals surface area contributed by atoms with E-state index in [0.29, 0.717) is 5.92 Å². The fraction of sp³-hybridized carbons (Fsp3) is 0.714. The van der Waals surface area contributed by atoms with E-state index >= 15 is 0 Å². The zero-order valence-corrected chi connectivity index (χ0v) is 11.1. The van der Waals surface area contributed by atoms with Gasteiger partial charge < -0.3 is 15.0 Å². The van der Waals surface area contributed by atoms with Gasteiger partial charge in [-0.05, 0) is 51.1 Å². The maximum Gasteiger partial charge on any atom is 0.314 e.